The summed E-state index contributed by atoms with van der Waals surface area (Å²) in [5.74, 6) is 0.289. The number of hydrogen-bond acceptors (Lipinski definition) is 2. The highest BCUT2D eigenvalue weighted by molar-refractivity contribution is 5.78. The molecule has 228 valence electrons. The van der Waals surface area contributed by atoms with Crippen LogP contribution >= 0.6 is 0 Å². The van der Waals surface area contributed by atoms with Crippen LogP contribution in [0.3, 0.4) is 0 Å². The molecule has 0 heterocycles. The van der Waals surface area contributed by atoms with Gasteiger partial charge in [-0.25, -0.2) is 0 Å². The molecule has 0 aromatic heterocycles. The van der Waals surface area contributed by atoms with E-state index in [1.54, 1.807) is 0 Å². The van der Waals surface area contributed by atoms with Crippen molar-refractivity contribution in [2.75, 3.05) is 26.7 Å². The van der Waals surface area contributed by atoms with E-state index in [0.29, 0.717) is 6.54 Å². The Morgan fingerprint density at radius 2 is 0.658 bits per heavy atom. The van der Waals surface area contributed by atoms with Gasteiger partial charge in [0.05, 0.1) is 6.54 Å². The largest absolute Gasteiger partial charge is 0.342 e. The molecular weight excluding hydrogens is 464 g/mol. The average molecular weight is 537 g/mol. The molecule has 1 N–H and O–H groups in total. The quantitative estimate of drug-likeness (QED) is 0.0867. The molecule has 0 saturated carbocycles. The SMILES string of the molecule is CCCCCCCCCCCCCCCCN(CCCCCCCCCCCCCCCC)C(=O)CNC. The van der Waals surface area contributed by atoms with E-state index in [2.05, 4.69) is 24.1 Å². The molecule has 0 aliphatic heterocycles. The highest BCUT2D eigenvalue weighted by Crippen LogP contribution is 2.15. The van der Waals surface area contributed by atoms with Crippen LogP contribution < -0.4 is 5.32 Å². The first-order valence-corrected chi connectivity index (χ1v) is 17.7. The molecule has 0 rings (SSSR count). The van der Waals surface area contributed by atoms with E-state index in [9.17, 15) is 4.79 Å². The molecule has 3 nitrogen and oxygen atoms in total. The monoisotopic (exact) mass is 537 g/mol. The van der Waals surface area contributed by atoms with Crippen molar-refractivity contribution >= 4 is 5.91 Å². The maximum absolute atomic E-state index is 12.5. The summed E-state index contributed by atoms with van der Waals surface area (Å²) in [5, 5.41) is 3.06. The summed E-state index contributed by atoms with van der Waals surface area (Å²) in [6.45, 7) is 6.98. The number of rotatable bonds is 32. The number of carbonyl (C=O) groups excluding carboxylic acids is 1. The van der Waals surface area contributed by atoms with Gasteiger partial charge in [-0.15, -0.1) is 0 Å². The third-order valence-corrected chi connectivity index (χ3v) is 8.24. The molecule has 38 heavy (non-hydrogen) atoms. The molecule has 3 heteroatoms. The third kappa shape index (κ3) is 28.4. The van der Waals surface area contributed by atoms with Crippen LogP contribution in [0.1, 0.15) is 194 Å². The van der Waals surface area contributed by atoms with Crippen molar-refractivity contribution in [1.82, 2.24) is 10.2 Å². The Hall–Kier alpha value is -0.570. The Kier molecular flexibility index (Phi) is 32.2. The second-order valence-corrected chi connectivity index (χ2v) is 12.1. The highest BCUT2D eigenvalue weighted by atomic mass is 16.2. The Balaban J connectivity index is 3.61. The maximum Gasteiger partial charge on any atom is 0.236 e. The van der Waals surface area contributed by atoms with Crippen LogP contribution in [-0.4, -0.2) is 37.5 Å². The zero-order valence-electron chi connectivity index (χ0n) is 26.8. The smallest absolute Gasteiger partial charge is 0.236 e. The molecule has 0 unspecified atom stereocenters. The van der Waals surface area contributed by atoms with Crippen molar-refractivity contribution in [2.45, 2.75) is 194 Å². The number of nitrogens with zero attached hydrogens (tertiary/aromatic N) is 1. The fraction of sp³-hybridized carbons (Fsp3) is 0.971. The molecule has 0 aliphatic rings. The zero-order chi connectivity index (χ0) is 27.8. The van der Waals surface area contributed by atoms with E-state index in [0.717, 1.165) is 13.1 Å². The minimum Gasteiger partial charge on any atom is -0.342 e. The Labute approximate surface area is 241 Å². The van der Waals surface area contributed by atoms with Crippen molar-refractivity contribution < 1.29 is 4.79 Å². The van der Waals surface area contributed by atoms with Gasteiger partial charge in [-0.3, -0.25) is 4.79 Å². The Morgan fingerprint density at radius 1 is 0.421 bits per heavy atom. The van der Waals surface area contributed by atoms with E-state index in [1.807, 2.05) is 7.05 Å². The molecule has 0 saturated heterocycles. The first kappa shape index (κ1) is 37.4. The first-order valence-electron chi connectivity index (χ1n) is 17.7. The standard InChI is InChI=1S/C35H72N2O/c1-4-6-8-10-12-14-16-18-20-22-24-26-28-30-32-37(35(38)34-36-3)33-31-29-27-25-23-21-19-17-15-13-11-9-7-5-2/h36H,4-34H2,1-3H3. The Bertz CT molecular complexity index is 421. The fourth-order valence-corrected chi connectivity index (χ4v) is 5.62. The van der Waals surface area contributed by atoms with E-state index in [-0.39, 0.29) is 5.91 Å². The summed E-state index contributed by atoms with van der Waals surface area (Å²) >= 11 is 0. The molecule has 0 aliphatic carbocycles. The lowest BCUT2D eigenvalue weighted by Gasteiger charge is -2.23. The van der Waals surface area contributed by atoms with Crippen molar-refractivity contribution in [1.29, 1.82) is 0 Å². The Morgan fingerprint density at radius 3 is 0.895 bits per heavy atom. The van der Waals surface area contributed by atoms with Crippen molar-refractivity contribution in [3.8, 4) is 0 Å². The maximum atomic E-state index is 12.5. The molecular formula is C35H72N2O. The van der Waals surface area contributed by atoms with Crippen LogP contribution in [0.15, 0.2) is 0 Å². The van der Waals surface area contributed by atoms with Crippen molar-refractivity contribution in [3.63, 3.8) is 0 Å². The van der Waals surface area contributed by atoms with E-state index in [1.165, 1.54) is 180 Å². The average Bonchev–Trinajstić information content (AvgIpc) is 2.92. The molecule has 0 bridgehead atoms. The summed E-state index contributed by atoms with van der Waals surface area (Å²) in [6.07, 6.45) is 38.8. The highest BCUT2D eigenvalue weighted by Gasteiger charge is 2.11. The molecule has 0 aromatic rings. The molecule has 0 aromatic carbocycles. The van der Waals surface area contributed by atoms with Crippen molar-refractivity contribution in [2.24, 2.45) is 0 Å². The summed E-state index contributed by atoms with van der Waals surface area (Å²) in [6, 6.07) is 0. The second kappa shape index (κ2) is 32.6. The summed E-state index contributed by atoms with van der Waals surface area (Å²) in [7, 11) is 1.88. The van der Waals surface area contributed by atoms with E-state index < -0.39 is 0 Å². The minimum atomic E-state index is 0.289. The third-order valence-electron chi connectivity index (χ3n) is 8.24. The summed E-state index contributed by atoms with van der Waals surface area (Å²) in [5.41, 5.74) is 0. The van der Waals surface area contributed by atoms with Gasteiger partial charge in [0, 0.05) is 13.1 Å². The van der Waals surface area contributed by atoms with Crippen molar-refractivity contribution in [3.05, 3.63) is 0 Å². The predicted octanol–water partition coefficient (Wildman–Crippen LogP) is 11.0. The number of likely N-dealkylation sites (N-methyl/N-ethyl adjacent to an activating group) is 1. The van der Waals surface area contributed by atoms with Gasteiger partial charge in [-0.2, -0.15) is 0 Å². The van der Waals surface area contributed by atoms with Gasteiger partial charge in [-0.1, -0.05) is 181 Å². The van der Waals surface area contributed by atoms with E-state index >= 15 is 0 Å². The molecule has 0 radical (unpaired) electrons. The van der Waals surface area contributed by atoms with Gasteiger partial charge >= 0.3 is 0 Å². The van der Waals surface area contributed by atoms with Crippen LogP contribution in [-0.2, 0) is 4.79 Å². The molecule has 1 amide bonds. The number of amides is 1. The van der Waals surface area contributed by atoms with Crippen LogP contribution in [0.4, 0.5) is 0 Å². The van der Waals surface area contributed by atoms with Gasteiger partial charge in [0.25, 0.3) is 0 Å². The molecule has 0 fully saturated rings. The number of nitrogens with one attached hydrogen (secondary N) is 1. The molecule has 0 atom stereocenters. The van der Waals surface area contributed by atoms with Gasteiger partial charge < -0.3 is 10.2 Å². The first-order chi connectivity index (χ1) is 18.8. The predicted molar refractivity (Wildman–Crippen MR) is 171 cm³/mol. The van der Waals surface area contributed by atoms with Crippen LogP contribution in [0.5, 0.6) is 0 Å². The lowest BCUT2D eigenvalue weighted by molar-refractivity contribution is -0.130. The lowest BCUT2D eigenvalue weighted by atomic mass is 10.0. The zero-order valence-corrected chi connectivity index (χ0v) is 26.8. The second-order valence-electron chi connectivity index (χ2n) is 12.1. The van der Waals surface area contributed by atoms with Gasteiger partial charge in [-0.05, 0) is 19.9 Å². The number of hydrogen-bond donors (Lipinski definition) is 1. The summed E-state index contributed by atoms with van der Waals surface area (Å²) in [4.78, 5) is 14.7. The fourth-order valence-electron chi connectivity index (χ4n) is 5.62. The van der Waals surface area contributed by atoms with E-state index in [4.69, 9.17) is 0 Å². The van der Waals surface area contributed by atoms with Crippen LogP contribution in [0.2, 0.25) is 0 Å². The van der Waals surface area contributed by atoms with Gasteiger partial charge in [0.15, 0.2) is 0 Å². The minimum absolute atomic E-state index is 0.289. The number of carbonyl (C=O) groups is 1. The van der Waals surface area contributed by atoms with Gasteiger partial charge in [0.1, 0.15) is 0 Å². The summed E-state index contributed by atoms with van der Waals surface area (Å²) < 4.78 is 0. The van der Waals surface area contributed by atoms with Crippen LogP contribution in [0, 0.1) is 0 Å². The van der Waals surface area contributed by atoms with Gasteiger partial charge in [0.2, 0.25) is 5.91 Å². The number of unbranched alkanes of at least 4 members (excludes halogenated alkanes) is 26. The topological polar surface area (TPSA) is 32.3 Å². The van der Waals surface area contributed by atoms with Crippen LogP contribution in [0.25, 0.3) is 0 Å². The molecule has 0 spiro atoms. The normalized spacial score (nSPS) is 11.3. The lowest BCUT2D eigenvalue weighted by Crippen LogP contribution is -2.38.